The Balaban J connectivity index is 1.62. The molecule has 2 amide bonds. The van der Waals surface area contributed by atoms with Gasteiger partial charge in [0, 0.05) is 18.0 Å². The van der Waals surface area contributed by atoms with E-state index >= 15 is 0 Å². The van der Waals surface area contributed by atoms with Crippen molar-refractivity contribution in [2.75, 3.05) is 6.61 Å². The molecule has 0 aliphatic heterocycles. The van der Waals surface area contributed by atoms with Crippen molar-refractivity contribution in [3.63, 3.8) is 0 Å². The zero-order valence-electron chi connectivity index (χ0n) is 17.6. The van der Waals surface area contributed by atoms with Crippen LogP contribution in [0.2, 0.25) is 0 Å². The number of nitrogens with zero attached hydrogens (tertiary/aromatic N) is 1. The van der Waals surface area contributed by atoms with Crippen molar-refractivity contribution >= 4 is 11.8 Å². The van der Waals surface area contributed by atoms with Crippen LogP contribution in [-0.2, 0) is 11.2 Å². The molecule has 0 saturated heterocycles. The van der Waals surface area contributed by atoms with E-state index in [1.807, 2.05) is 19.9 Å². The lowest BCUT2D eigenvalue weighted by atomic mass is 9.86. The average molecular weight is 413 g/mol. The summed E-state index contributed by atoms with van der Waals surface area (Å²) in [6, 6.07) is 13.0. The Hall–Kier alpha value is -2.89. The number of hydrogen-bond acceptors (Lipinski definition) is 3. The maximum absolute atomic E-state index is 13.8. The predicted octanol–water partition coefficient (Wildman–Crippen LogP) is 4.52. The van der Waals surface area contributed by atoms with Gasteiger partial charge in [-0.3, -0.25) is 20.0 Å². The lowest BCUT2D eigenvalue weighted by molar-refractivity contribution is -0.135. The molecule has 6 heteroatoms. The second-order valence-corrected chi connectivity index (χ2v) is 8.02. The van der Waals surface area contributed by atoms with Crippen molar-refractivity contribution in [2.24, 2.45) is 5.92 Å². The topological polar surface area (TPSA) is 58.6 Å². The van der Waals surface area contributed by atoms with E-state index in [4.69, 9.17) is 4.74 Å². The van der Waals surface area contributed by atoms with Gasteiger partial charge in [0.05, 0.1) is 6.61 Å². The lowest BCUT2D eigenvalue weighted by Crippen LogP contribution is -2.50. The minimum Gasteiger partial charge on any atom is -0.493 e. The first kappa shape index (κ1) is 21.8. The number of aryl methyl sites for hydroxylation is 1. The van der Waals surface area contributed by atoms with Crippen LogP contribution < -0.4 is 10.2 Å². The number of benzene rings is 2. The molecule has 3 rings (SSSR count). The molecule has 0 radical (unpaired) electrons. The van der Waals surface area contributed by atoms with E-state index in [1.165, 1.54) is 36.4 Å². The number of hydrazine groups is 1. The highest BCUT2D eigenvalue weighted by molar-refractivity contribution is 5.95. The van der Waals surface area contributed by atoms with Gasteiger partial charge in [-0.1, -0.05) is 24.6 Å². The summed E-state index contributed by atoms with van der Waals surface area (Å²) in [5.41, 5.74) is 3.84. The second kappa shape index (κ2) is 10.2. The summed E-state index contributed by atoms with van der Waals surface area (Å²) < 4.78 is 19.7. The molecule has 0 bridgehead atoms. The van der Waals surface area contributed by atoms with E-state index in [0.29, 0.717) is 35.8 Å². The summed E-state index contributed by atoms with van der Waals surface area (Å²) >= 11 is 0. The van der Waals surface area contributed by atoms with Crippen LogP contribution in [-0.4, -0.2) is 29.5 Å². The number of rotatable bonds is 8. The molecule has 1 N–H and O–H groups in total. The fraction of sp³-hybridized carbons (Fsp3) is 0.417. The Morgan fingerprint density at radius 2 is 1.90 bits per heavy atom. The van der Waals surface area contributed by atoms with Gasteiger partial charge in [-0.2, -0.15) is 0 Å². The van der Waals surface area contributed by atoms with Gasteiger partial charge in [-0.15, -0.1) is 0 Å². The molecular weight excluding hydrogens is 383 g/mol. The minimum absolute atomic E-state index is 0.135. The van der Waals surface area contributed by atoms with Crippen LogP contribution in [0.1, 0.15) is 55.5 Å². The van der Waals surface area contributed by atoms with Crippen LogP contribution in [0.5, 0.6) is 5.75 Å². The van der Waals surface area contributed by atoms with Crippen molar-refractivity contribution in [2.45, 2.75) is 52.0 Å². The Morgan fingerprint density at radius 1 is 1.17 bits per heavy atom. The molecule has 5 nitrogen and oxygen atoms in total. The predicted molar refractivity (Wildman–Crippen MR) is 113 cm³/mol. The molecule has 0 heterocycles. The van der Waals surface area contributed by atoms with Gasteiger partial charge in [0.15, 0.2) is 0 Å². The normalized spacial score (nSPS) is 13.6. The van der Waals surface area contributed by atoms with E-state index in [1.54, 1.807) is 30.3 Å². The van der Waals surface area contributed by atoms with Crippen LogP contribution in [0, 0.1) is 11.7 Å². The molecule has 30 heavy (non-hydrogen) atoms. The molecule has 1 aliphatic carbocycles. The summed E-state index contributed by atoms with van der Waals surface area (Å²) in [5, 5.41) is 1.34. The zero-order chi connectivity index (χ0) is 21.5. The summed E-state index contributed by atoms with van der Waals surface area (Å²) in [6.07, 6.45) is 4.04. The third-order valence-corrected chi connectivity index (χ3v) is 5.37. The average Bonchev–Trinajstić information content (AvgIpc) is 2.70. The fourth-order valence-corrected chi connectivity index (χ4v) is 3.36. The third-order valence-electron chi connectivity index (χ3n) is 5.37. The fourth-order valence-electron chi connectivity index (χ4n) is 3.36. The molecule has 2 aromatic carbocycles. The van der Waals surface area contributed by atoms with Gasteiger partial charge in [-0.25, -0.2) is 4.39 Å². The van der Waals surface area contributed by atoms with Crippen LogP contribution in [0.25, 0.3) is 0 Å². The molecule has 0 atom stereocenters. The Morgan fingerprint density at radius 3 is 2.53 bits per heavy atom. The first-order valence-electron chi connectivity index (χ1n) is 10.5. The third kappa shape index (κ3) is 5.81. The molecule has 1 fully saturated rings. The largest absolute Gasteiger partial charge is 0.493 e. The first-order valence-corrected chi connectivity index (χ1v) is 10.5. The molecule has 2 aromatic rings. The first-order chi connectivity index (χ1) is 14.4. The number of hydrogen-bond donors (Lipinski definition) is 1. The Bertz CT molecular complexity index is 866. The zero-order valence-corrected chi connectivity index (χ0v) is 17.6. The monoisotopic (exact) mass is 412 g/mol. The highest BCUT2D eigenvalue weighted by Crippen LogP contribution is 2.29. The Kier molecular flexibility index (Phi) is 7.44. The molecule has 0 spiro atoms. The SMILES string of the molecule is CC(C)N(NC(=O)c1ccccc1)C(=O)CCc1cc(F)ccc1OCC1CCC1. The highest BCUT2D eigenvalue weighted by Gasteiger charge is 2.22. The number of carbonyl (C=O) groups is 2. The standard InChI is InChI=1S/C24H29FN2O3/c1-17(2)27(26-24(29)19-9-4-3-5-10-19)23(28)14-11-20-15-21(25)12-13-22(20)30-16-18-7-6-8-18/h3-5,9-10,12-13,15,17-18H,6-8,11,14,16H2,1-2H3,(H,26,29). The van der Waals surface area contributed by atoms with Crippen molar-refractivity contribution < 1.29 is 18.7 Å². The number of nitrogens with one attached hydrogen (secondary N) is 1. The van der Waals surface area contributed by atoms with Crippen LogP contribution >= 0.6 is 0 Å². The minimum atomic E-state index is -0.355. The van der Waals surface area contributed by atoms with Gasteiger partial charge in [0.25, 0.3) is 5.91 Å². The molecule has 160 valence electrons. The molecule has 0 aromatic heterocycles. The number of amides is 2. The van der Waals surface area contributed by atoms with Crippen molar-refractivity contribution in [3.05, 3.63) is 65.5 Å². The molecule has 1 saturated carbocycles. The van der Waals surface area contributed by atoms with E-state index in [9.17, 15) is 14.0 Å². The molecule has 0 unspecified atom stereocenters. The summed E-state index contributed by atoms with van der Waals surface area (Å²) in [6.45, 7) is 4.29. The van der Waals surface area contributed by atoms with E-state index in [-0.39, 0.29) is 30.1 Å². The van der Waals surface area contributed by atoms with Gasteiger partial charge < -0.3 is 4.74 Å². The summed E-state index contributed by atoms with van der Waals surface area (Å²) in [5.74, 6) is 0.262. The number of halogens is 1. The van der Waals surface area contributed by atoms with E-state index in [2.05, 4.69) is 5.43 Å². The number of carbonyl (C=O) groups excluding carboxylic acids is 2. The van der Waals surface area contributed by atoms with Crippen LogP contribution in [0.4, 0.5) is 4.39 Å². The Labute approximate surface area is 177 Å². The van der Waals surface area contributed by atoms with Gasteiger partial charge in [0.2, 0.25) is 5.91 Å². The quantitative estimate of drug-likeness (QED) is 0.649. The number of ether oxygens (including phenoxy) is 1. The lowest BCUT2D eigenvalue weighted by Gasteiger charge is -2.27. The van der Waals surface area contributed by atoms with Crippen molar-refractivity contribution in [1.82, 2.24) is 10.4 Å². The van der Waals surface area contributed by atoms with Gasteiger partial charge in [0.1, 0.15) is 11.6 Å². The van der Waals surface area contributed by atoms with E-state index in [0.717, 1.165) is 0 Å². The molecule has 1 aliphatic rings. The van der Waals surface area contributed by atoms with Crippen molar-refractivity contribution in [1.29, 1.82) is 0 Å². The van der Waals surface area contributed by atoms with Gasteiger partial charge >= 0.3 is 0 Å². The van der Waals surface area contributed by atoms with Crippen molar-refractivity contribution in [3.8, 4) is 5.75 Å². The maximum atomic E-state index is 13.8. The summed E-state index contributed by atoms with van der Waals surface area (Å²) in [4.78, 5) is 25.3. The molecular formula is C24H29FN2O3. The van der Waals surface area contributed by atoms with Crippen LogP contribution in [0.3, 0.4) is 0 Å². The smallest absolute Gasteiger partial charge is 0.269 e. The van der Waals surface area contributed by atoms with E-state index < -0.39 is 0 Å². The highest BCUT2D eigenvalue weighted by atomic mass is 19.1. The van der Waals surface area contributed by atoms with Crippen LogP contribution in [0.15, 0.2) is 48.5 Å². The van der Waals surface area contributed by atoms with Gasteiger partial charge in [-0.05, 0) is 74.9 Å². The maximum Gasteiger partial charge on any atom is 0.269 e. The second-order valence-electron chi connectivity index (χ2n) is 8.02. The summed E-state index contributed by atoms with van der Waals surface area (Å²) in [7, 11) is 0.